The van der Waals surface area contributed by atoms with Crippen LogP contribution < -0.4 is 5.32 Å². The lowest BCUT2D eigenvalue weighted by atomic mass is 9.92. The average Bonchev–Trinajstić information content (AvgIpc) is 3.22. The van der Waals surface area contributed by atoms with Crippen molar-refractivity contribution in [2.75, 3.05) is 6.54 Å². The molecule has 2 N–H and O–H groups in total. The number of hydrogen-bond donors (Lipinski definition) is 2. The molecule has 3 amide bonds. The molecule has 1 aliphatic heterocycles. The van der Waals surface area contributed by atoms with Gasteiger partial charge in [0.2, 0.25) is 0 Å². The van der Waals surface area contributed by atoms with Crippen LogP contribution in [0.1, 0.15) is 12.5 Å². The quantitative estimate of drug-likeness (QED) is 0.491. The predicted molar refractivity (Wildman–Crippen MR) is 119 cm³/mol. The van der Waals surface area contributed by atoms with E-state index >= 15 is 0 Å². The Morgan fingerprint density at radius 1 is 0.839 bits per heavy atom. The van der Waals surface area contributed by atoms with E-state index in [1.54, 1.807) is 6.92 Å². The Kier molecular flexibility index (Phi) is 4.52. The molecule has 31 heavy (non-hydrogen) atoms. The van der Waals surface area contributed by atoms with Crippen LogP contribution in [0.2, 0.25) is 0 Å². The Bertz CT molecular complexity index is 1240. The minimum absolute atomic E-state index is 0.0755. The first kappa shape index (κ1) is 19.3. The van der Waals surface area contributed by atoms with Crippen LogP contribution in [0.5, 0.6) is 0 Å². The van der Waals surface area contributed by atoms with Gasteiger partial charge in [0.1, 0.15) is 5.54 Å². The van der Waals surface area contributed by atoms with Crippen LogP contribution in [0.25, 0.3) is 21.8 Å². The molecule has 6 nitrogen and oxygen atoms in total. The first-order valence-electron chi connectivity index (χ1n) is 10.3. The Labute approximate surface area is 179 Å². The second-order valence-electron chi connectivity index (χ2n) is 8.14. The van der Waals surface area contributed by atoms with E-state index in [-0.39, 0.29) is 19.0 Å². The standard InChI is InChI=1S/C25H23N3O3/c1-25(17-9-3-2-4-10-17)23(30)28(24(31)26-25)16-18(29)15-27-21-13-7-5-11-19(21)20-12-6-8-14-22(20)27/h2-14,18,29H,15-16H2,1H3,(H,26,31)/t18-,25-/m1/s1. The van der Waals surface area contributed by atoms with E-state index in [0.717, 1.165) is 26.7 Å². The summed E-state index contributed by atoms with van der Waals surface area (Å²) in [6.07, 6.45) is -0.910. The van der Waals surface area contributed by atoms with E-state index in [9.17, 15) is 14.7 Å². The van der Waals surface area contributed by atoms with Crippen molar-refractivity contribution < 1.29 is 14.7 Å². The lowest BCUT2D eigenvalue weighted by molar-refractivity contribution is -0.132. The number of amides is 3. The third kappa shape index (κ3) is 3.07. The molecule has 0 unspecified atom stereocenters. The number of carbonyl (C=O) groups is 2. The molecule has 0 spiro atoms. The first-order valence-corrected chi connectivity index (χ1v) is 10.3. The number of urea groups is 1. The lowest BCUT2D eigenvalue weighted by Crippen LogP contribution is -2.42. The summed E-state index contributed by atoms with van der Waals surface area (Å²) in [5.74, 6) is -0.357. The molecule has 0 saturated carbocycles. The number of aromatic nitrogens is 1. The second kappa shape index (κ2) is 7.25. The van der Waals surface area contributed by atoms with Gasteiger partial charge in [-0.1, -0.05) is 66.7 Å². The van der Waals surface area contributed by atoms with Crippen molar-refractivity contribution in [3.8, 4) is 0 Å². The normalized spacial score (nSPS) is 19.9. The van der Waals surface area contributed by atoms with Gasteiger partial charge in [-0.25, -0.2) is 4.79 Å². The molecule has 1 saturated heterocycles. The fraction of sp³-hybridized carbons (Fsp3) is 0.200. The molecule has 0 aliphatic carbocycles. The molecule has 3 aromatic carbocycles. The largest absolute Gasteiger partial charge is 0.389 e. The topological polar surface area (TPSA) is 74.6 Å². The molecule has 6 heteroatoms. The van der Waals surface area contributed by atoms with Crippen LogP contribution >= 0.6 is 0 Å². The number of aliphatic hydroxyl groups is 1. The van der Waals surface area contributed by atoms with Gasteiger partial charge in [0, 0.05) is 21.8 Å². The van der Waals surface area contributed by atoms with Gasteiger partial charge in [-0.2, -0.15) is 0 Å². The number of nitrogens with zero attached hydrogens (tertiary/aromatic N) is 2. The summed E-state index contributed by atoms with van der Waals surface area (Å²) >= 11 is 0. The van der Waals surface area contributed by atoms with Gasteiger partial charge in [0.25, 0.3) is 5.91 Å². The highest BCUT2D eigenvalue weighted by molar-refractivity contribution is 6.08. The Morgan fingerprint density at radius 3 is 2.00 bits per heavy atom. The number of imide groups is 1. The van der Waals surface area contributed by atoms with E-state index in [4.69, 9.17) is 0 Å². The van der Waals surface area contributed by atoms with Crippen molar-refractivity contribution in [3.63, 3.8) is 0 Å². The van der Waals surface area contributed by atoms with E-state index in [1.165, 1.54) is 0 Å². The van der Waals surface area contributed by atoms with E-state index in [1.807, 2.05) is 71.3 Å². The Balaban J connectivity index is 1.42. The minimum atomic E-state index is -1.13. The predicted octanol–water partition coefficient (Wildman–Crippen LogP) is 3.62. The lowest BCUT2D eigenvalue weighted by Gasteiger charge is -2.23. The SMILES string of the molecule is C[C@]1(c2ccccc2)NC(=O)N(C[C@H](O)Cn2c3ccccc3c3ccccc32)C1=O. The van der Waals surface area contributed by atoms with E-state index in [2.05, 4.69) is 17.4 Å². The monoisotopic (exact) mass is 413 g/mol. The van der Waals surface area contributed by atoms with Crippen molar-refractivity contribution in [3.05, 3.63) is 84.4 Å². The number of para-hydroxylation sites is 2. The molecular formula is C25H23N3O3. The van der Waals surface area contributed by atoms with Crippen LogP contribution in [-0.2, 0) is 16.9 Å². The molecule has 2 heterocycles. The molecule has 4 aromatic rings. The van der Waals surface area contributed by atoms with Gasteiger partial charge in [-0.15, -0.1) is 0 Å². The maximum absolute atomic E-state index is 13.1. The van der Waals surface area contributed by atoms with Crippen molar-refractivity contribution in [1.82, 2.24) is 14.8 Å². The van der Waals surface area contributed by atoms with Gasteiger partial charge >= 0.3 is 6.03 Å². The molecule has 0 bridgehead atoms. The zero-order chi connectivity index (χ0) is 21.6. The Hall–Kier alpha value is -3.64. The number of hydrogen-bond acceptors (Lipinski definition) is 3. The second-order valence-corrected chi connectivity index (χ2v) is 8.14. The summed E-state index contributed by atoms with van der Waals surface area (Å²) in [6.45, 7) is 1.89. The zero-order valence-corrected chi connectivity index (χ0v) is 17.2. The first-order chi connectivity index (χ1) is 15.0. The number of carbonyl (C=O) groups excluding carboxylic acids is 2. The Morgan fingerprint density at radius 2 is 1.39 bits per heavy atom. The molecular weight excluding hydrogens is 390 g/mol. The molecule has 156 valence electrons. The summed E-state index contributed by atoms with van der Waals surface area (Å²) in [5.41, 5.74) is 1.60. The van der Waals surface area contributed by atoms with Gasteiger partial charge in [0.05, 0.1) is 19.2 Å². The smallest absolute Gasteiger partial charge is 0.325 e. The summed E-state index contributed by atoms with van der Waals surface area (Å²) in [7, 11) is 0. The zero-order valence-electron chi connectivity index (χ0n) is 17.2. The van der Waals surface area contributed by atoms with Crippen LogP contribution in [0.3, 0.4) is 0 Å². The fourth-order valence-electron chi connectivity index (χ4n) is 4.51. The van der Waals surface area contributed by atoms with Crippen molar-refractivity contribution >= 4 is 33.7 Å². The molecule has 1 fully saturated rings. The average molecular weight is 413 g/mol. The maximum Gasteiger partial charge on any atom is 0.325 e. The van der Waals surface area contributed by atoms with Gasteiger partial charge in [0.15, 0.2) is 0 Å². The van der Waals surface area contributed by atoms with E-state index < -0.39 is 17.7 Å². The van der Waals surface area contributed by atoms with Crippen LogP contribution in [0.15, 0.2) is 78.9 Å². The number of fused-ring (bicyclic) bond motifs is 3. The number of rotatable bonds is 5. The highest BCUT2D eigenvalue weighted by Gasteiger charge is 2.49. The van der Waals surface area contributed by atoms with Crippen LogP contribution in [0.4, 0.5) is 4.79 Å². The van der Waals surface area contributed by atoms with Gasteiger partial charge < -0.3 is 15.0 Å². The minimum Gasteiger partial charge on any atom is -0.389 e. The molecule has 1 aromatic heterocycles. The maximum atomic E-state index is 13.1. The summed E-state index contributed by atoms with van der Waals surface area (Å²) in [6, 6.07) is 24.7. The van der Waals surface area contributed by atoms with Crippen molar-refractivity contribution in [1.29, 1.82) is 0 Å². The van der Waals surface area contributed by atoms with Crippen molar-refractivity contribution in [2.45, 2.75) is 25.1 Å². The molecule has 2 atom stereocenters. The number of aliphatic hydroxyl groups excluding tert-OH is 1. The van der Waals surface area contributed by atoms with Crippen molar-refractivity contribution in [2.24, 2.45) is 0 Å². The summed E-state index contributed by atoms with van der Waals surface area (Å²) < 4.78 is 2.05. The number of β-amino-alcohol motifs (C(OH)–C–C–N with tert-alkyl or cyclic N) is 1. The fourth-order valence-corrected chi connectivity index (χ4v) is 4.51. The van der Waals surface area contributed by atoms with Crippen LogP contribution in [-0.4, -0.2) is 39.2 Å². The highest BCUT2D eigenvalue weighted by atomic mass is 16.3. The summed E-state index contributed by atoms with van der Waals surface area (Å²) in [4.78, 5) is 26.9. The van der Waals surface area contributed by atoms with Gasteiger partial charge in [-0.3, -0.25) is 9.69 Å². The number of benzene rings is 3. The molecule has 0 radical (unpaired) electrons. The van der Waals surface area contributed by atoms with Crippen LogP contribution in [0, 0.1) is 0 Å². The summed E-state index contributed by atoms with van der Waals surface area (Å²) in [5, 5.41) is 15.9. The molecule has 1 aliphatic rings. The molecule has 5 rings (SSSR count). The third-order valence-corrected chi connectivity index (χ3v) is 6.09. The van der Waals surface area contributed by atoms with E-state index in [0.29, 0.717) is 5.56 Å². The third-order valence-electron chi connectivity index (χ3n) is 6.09. The number of nitrogens with one attached hydrogen (secondary N) is 1. The van der Waals surface area contributed by atoms with Gasteiger partial charge in [-0.05, 0) is 24.6 Å². The highest BCUT2D eigenvalue weighted by Crippen LogP contribution is 2.31.